The van der Waals surface area contributed by atoms with Crippen molar-refractivity contribution in [2.45, 2.75) is 97.7 Å². The predicted octanol–water partition coefficient (Wildman–Crippen LogP) is 6.15. The number of fused-ring (bicyclic) bond motifs is 5. The van der Waals surface area contributed by atoms with E-state index in [4.69, 9.17) is 4.74 Å². The molecule has 4 rings (SSSR count). The van der Waals surface area contributed by atoms with Crippen LogP contribution in [-0.2, 0) is 4.74 Å². The lowest BCUT2D eigenvalue weighted by Crippen LogP contribution is -2.50. The Kier molecular flexibility index (Phi) is 7.30. The van der Waals surface area contributed by atoms with Gasteiger partial charge >= 0.3 is 0 Å². The summed E-state index contributed by atoms with van der Waals surface area (Å²) < 4.78 is 5.18. The number of aliphatic hydroxyl groups is 2. The van der Waals surface area contributed by atoms with E-state index in [0.29, 0.717) is 23.4 Å². The molecule has 3 fully saturated rings. The third-order valence-electron chi connectivity index (χ3n) is 10.8. The van der Waals surface area contributed by atoms with Gasteiger partial charge in [0, 0.05) is 13.7 Å². The molecule has 0 aliphatic heterocycles. The van der Waals surface area contributed by atoms with Crippen molar-refractivity contribution < 1.29 is 14.9 Å². The standard InChI is InChI=1S/C29H48O3/c1-19(6-11-27(31)20(2)14-17-32-5)24-9-10-25-23-8-7-21-18-22(30)12-15-28(21,3)26(23)13-16-29(24,25)4/h6-7,11,19-20,22-27,30-31H,8-10,12-18H2,1-5H3/t19-,20?,22+,23+,24-,25+,26+,27?,28+,29-/m1/s1. The average Bonchev–Trinajstić information content (AvgIpc) is 3.13. The molecule has 0 amide bonds. The highest BCUT2D eigenvalue weighted by molar-refractivity contribution is 5.25. The maximum atomic E-state index is 10.6. The van der Waals surface area contributed by atoms with E-state index in [1.54, 1.807) is 12.7 Å². The van der Waals surface area contributed by atoms with E-state index >= 15 is 0 Å². The van der Waals surface area contributed by atoms with Crippen LogP contribution in [0.2, 0.25) is 0 Å². The molecule has 2 N–H and O–H groups in total. The second-order valence-electron chi connectivity index (χ2n) is 12.4. The number of aliphatic hydroxyl groups excluding tert-OH is 2. The van der Waals surface area contributed by atoms with E-state index in [0.717, 1.165) is 42.9 Å². The van der Waals surface area contributed by atoms with Gasteiger partial charge in [0.15, 0.2) is 0 Å². The lowest BCUT2D eigenvalue weighted by molar-refractivity contribution is -0.0541. The molecule has 10 atom stereocenters. The van der Waals surface area contributed by atoms with Crippen LogP contribution in [0.15, 0.2) is 23.8 Å². The van der Waals surface area contributed by atoms with E-state index in [1.807, 2.05) is 0 Å². The highest BCUT2D eigenvalue weighted by atomic mass is 16.5. The summed E-state index contributed by atoms with van der Waals surface area (Å²) in [5.74, 6) is 3.92. The van der Waals surface area contributed by atoms with Crippen LogP contribution >= 0.6 is 0 Å². The number of hydrogen-bond acceptors (Lipinski definition) is 3. The summed E-state index contributed by atoms with van der Waals surface area (Å²) in [6.07, 6.45) is 17.0. The van der Waals surface area contributed by atoms with Gasteiger partial charge in [0.2, 0.25) is 0 Å². The van der Waals surface area contributed by atoms with Gasteiger partial charge in [-0.05, 0) is 104 Å². The van der Waals surface area contributed by atoms with Crippen molar-refractivity contribution in [2.75, 3.05) is 13.7 Å². The van der Waals surface area contributed by atoms with Gasteiger partial charge in [0.25, 0.3) is 0 Å². The monoisotopic (exact) mass is 444 g/mol. The van der Waals surface area contributed by atoms with E-state index in [-0.39, 0.29) is 18.1 Å². The van der Waals surface area contributed by atoms with Crippen molar-refractivity contribution in [3.8, 4) is 0 Å². The SMILES string of the molecule is COCCC(C)C(O)C=C[C@@H](C)[C@H]1CC[C@H]2[C@@H]3CC=C4C[C@@H](O)CC[C@]4(C)[C@H]3CC[C@]12C. The molecule has 0 aromatic rings. The Morgan fingerprint density at radius 2 is 1.88 bits per heavy atom. The van der Waals surface area contributed by atoms with Crippen LogP contribution in [0.25, 0.3) is 0 Å². The average molecular weight is 445 g/mol. The zero-order valence-electron chi connectivity index (χ0n) is 21.2. The fourth-order valence-corrected chi connectivity index (χ4v) is 8.63. The molecule has 3 nitrogen and oxygen atoms in total. The first-order valence-electron chi connectivity index (χ1n) is 13.4. The van der Waals surface area contributed by atoms with Crippen LogP contribution in [0, 0.1) is 46.3 Å². The Labute approximate surface area is 196 Å². The molecule has 0 aromatic heterocycles. The van der Waals surface area contributed by atoms with Gasteiger partial charge in [-0.2, -0.15) is 0 Å². The molecular weight excluding hydrogens is 396 g/mol. The summed E-state index contributed by atoms with van der Waals surface area (Å²) >= 11 is 0. The van der Waals surface area contributed by atoms with Crippen molar-refractivity contribution in [2.24, 2.45) is 46.3 Å². The van der Waals surface area contributed by atoms with Crippen molar-refractivity contribution in [3.05, 3.63) is 23.8 Å². The smallest absolute Gasteiger partial charge is 0.0747 e. The van der Waals surface area contributed by atoms with Crippen molar-refractivity contribution in [1.29, 1.82) is 0 Å². The molecule has 0 aromatic carbocycles. The van der Waals surface area contributed by atoms with Crippen molar-refractivity contribution in [3.63, 3.8) is 0 Å². The summed E-state index contributed by atoms with van der Waals surface area (Å²) in [5, 5.41) is 20.8. The fraction of sp³-hybridized carbons (Fsp3) is 0.862. The summed E-state index contributed by atoms with van der Waals surface area (Å²) in [4.78, 5) is 0. The van der Waals surface area contributed by atoms with E-state index in [1.165, 1.54) is 38.5 Å². The quantitative estimate of drug-likeness (QED) is 0.463. The Morgan fingerprint density at radius 1 is 1.09 bits per heavy atom. The lowest BCUT2D eigenvalue weighted by atomic mass is 9.47. The molecule has 0 radical (unpaired) electrons. The normalized spacial score (nSPS) is 44.3. The zero-order valence-corrected chi connectivity index (χ0v) is 21.2. The molecule has 0 saturated heterocycles. The molecule has 2 unspecified atom stereocenters. The Bertz CT molecular complexity index is 713. The lowest BCUT2D eigenvalue weighted by Gasteiger charge is -2.58. The number of hydrogen-bond donors (Lipinski definition) is 2. The van der Waals surface area contributed by atoms with Crippen molar-refractivity contribution in [1.82, 2.24) is 0 Å². The van der Waals surface area contributed by atoms with Gasteiger partial charge < -0.3 is 14.9 Å². The highest BCUT2D eigenvalue weighted by Crippen LogP contribution is 2.67. The molecule has 0 bridgehead atoms. The first kappa shape index (κ1) is 24.5. The molecule has 3 heteroatoms. The first-order chi connectivity index (χ1) is 15.2. The summed E-state index contributed by atoms with van der Waals surface area (Å²) in [6, 6.07) is 0. The third kappa shape index (κ3) is 4.27. The van der Waals surface area contributed by atoms with Crippen LogP contribution in [0.3, 0.4) is 0 Å². The summed E-state index contributed by atoms with van der Waals surface area (Å²) in [6.45, 7) is 10.3. The molecule has 182 valence electrons. The second kappa shape index (κ2) is 9.55. The Hall–Kier alpha value is -0.640. The first-order valence-corrected chi connectivity index (χ1v) is 13.4. The zero-order chi connectivity index (χ0) is 23.1. The third-order valence-corrected chi connectivity index (χ3v) is 10.8. The second-order valence-corrected chi connectivity index (χ2v) is 12.4. The molecule has 0 heterocycles. The van der Waals surface area contributed by atoms with Gasteiger partial charge in [0.05, 0.1) is 12.2 Å². The van der Waals surface area contributed by atoms with Gasteiger partial charge in [-0.25, -0.2) is 0 Å². The van der Waals surface area contributed by atoms with Gasteiger partial charge in [-0.3, -0.25) is 0 Å². The molecule has 3 saturated carbocycles. The van der Waals surface area contributed by atoms with Crippen LogP contribution in [0.1, 0.15) is 85.5 Å². The topological polar surface area (TPSA) is 49.7 Å². The van der Waals surface area contributed by atoms with Crippen LogP contribution in [-0.4, -0.2) is 36.1 Å². The van der Waals surface area contributed by atoms with E-state index < -0.39 is 0 Å². The minimum atomic E-state index is -0.378. The van der Waals surface area contributed by atoms with Gasteiger partial charge in [-0.1, -0.05) is 51.5 Å². The van der Waals surface area contributed by atoms with Crippen LogP contribution in [0.4, 0.5) is 0 Å². The molecular formula is C29H48O3. The molecule has 4 aliphatic carbocycles. The Balaban J connectivity index is 1.45. The van der Waals surface area contributed by atoms with Gasteiger partial charge in [-0.15, -0.1) is 0 Å². The summed E-state index contributed by atoms with van der Waals surface area (Å²) in [5.41, 5.74) is 2.33. The van der Waals surface area contributed by atoms with E-state index in [9.17, 15) is 10.2 Å². The van der Waals surface area contributed by atoms with Gasteiger partial charge in [0.1, 0.15) is 0 Å². The summed E-state index contributed by atoms with van der Waals surface area (Å²) in [7, 11) is 1.73. The molecule has 32 heavy (non-hydrogen) atoms. The minimum absolute atomic E-state index is 0.115. The fourth-order valence-electron chi connectivity index (χ4n) is 8.63. The number of rotatable bonds is 7. The number of ether oxygens (including phenoxy) is 1. The van der Waals surface area contributed by atoms with Crippen LogP contribution in [0.5, 0.6) is 0 Å². The maximum absolute atomic E-state index is 10.6. The maximum Gasteiger partial charge on any atom is 0.0747 e. The molecule has 0 spiro atoms. The highest BCUT2D eigenvalue weighted by Gasteiger charge is 2.58. The Morgan fingerprint density at radius 3 is 2.62 bits per heavy atom. The number of methoxy groups -OCH3 is 1. The predicted molar refractivity (Wildman–Crippen MR) is 131 cm³/mol. The minimum Gasteiger partial charge on any atom is -0.393 e. The molecule has 4 aliphatic rings. The van der Waals surface area contributed by atoms with Crippen LogP contribution < -0.4 is 0 Å². The van der Waals surface area contributed by atoms with Crippen molar-refractivity contribution >= 4 is 0 Å². The van der Waals surface area contributed by atoms with E-state index in [2.05, 4.69) is 45.9 Å². The number of allylic oxidation sites excluding steroid dienone is 2. The largest absolute Gasteiger partial charge is 0.393 e.